The summed E-state index contributed by atoms with van der Waals surface area (Å²) in [4.78, 5) is 29.4. The van der Waals surface area contributed by atoms with Gasteiger partial charge in [-0.05, 0) is 36.4 Å². The van der Waals surface area contributed by atoms with E-state index in [4.69, 9.17) is 16.4 Å². The molecule has 2 aromatic carbocycles. The van der Waals surface area contributed by atoms with Crippen LogP contribution in [0.25, 0.3) is 22.2 Å². The highest BCUT2D eigenvalue weighted by molar-refractivity contribution is 6.33. The maximum Gasteiger partial charge on any atom is 0.293 e. The Morgan fingerprint density at radius 2 is 2.03 bits per heavy atom. The summed E-state index contributed by atoms with van der Waals surface area (Å²) in [7, 11) is 1.32. The lowest BCUT2D eigenvalue weighted by molar-refractivity contribution is 0.168. The van der Waals surface area contributed by atoms with Crippen LogP contribution in [0.1, 0.15) is 5.56 Å². The zero-order valence-electron chi connectivity index (χ0n) is 19.3. The number of halogens is 2. The fraction of sp³-hybridized carbons (Fsp3) is 0.200. The van der Waals surface area contributed by atoms with E-state index in [2.05, 4.69) is 31.6 Å². The molecule has 0 radical (unpaired) electrons. The first-order chi connectivity index (χ1) is 17.5. The Kier molecular flexibility index (Phi) is 6.41. The Bertz CT molecular complexity index is 1540. The van der Waals surface area contributed by atoms with Gasteiger partial charge >= 0.3 is 0 Å². The van der Waals surface area contributed by atoms with Crippen LogP contribution in [0, 0.1) is 17.1 Å². The predicted molar refractivity (Wildman–Crippen MR) is 136 cm³/mol. The van der Waals surface area contributed by atoms with E-state index < -0.39 is 11.4 Å². The van der Waals surface area contributed by atoms with Crippen LogP contribution < -0.4 is 25.9 Å². The molecule has 0 spiro atoms. The lowest BCUT2D eigenvalue weighted by atomic mass is 10.1. The molecule has 1 aliphatic rings. The van der Waals surface area contributed by atoms with Gasteiger partial charge in [0.05, 0.1) is 21.8 Å². The van der Waals surface area contributed by atoms with Crippen LogP contribution in [-0.4, -0.2) is 48.0 Å². The number of rotatable bonds is 5. The molecule has 1 saturated heterocycles. The SMILES string of the molecule is COn1c(=O)c(-c2c(F)cccc2Cl)cc2cnc(Nc3ccc(N4CCNCC4)c(C#N)c3)nc21. The van der Waals surface area contributed by atoms with Crippen molar-refractivity contribution in [2.24, 2.45) is 0 Å². The number of nitriles is 1. The summed E-state index contributed by atoms with van der Waals surface area (Å²) < 4.78 is 15.5. The third-order valence-corrected chi connectivity index (χ3v) is 6.26. The van der Waals surface area contributed by atoms with Gasteiger partial charge in [0.1, 0.15) is 19.0 Å². The van der Waals surface area contributed by atoms with Crippen LogP contribution in [0.5, 0.6) is 0 Å². The standard InChI is InChI=1S/C25H21ClFN7O2/c1-36-34-23-16(12-18(24(34)35)22-19(26)3-2-4-20(22)27)14-30-25(32-23)31-17-5-6-21(15(11-17)13-28)33-9-7-29-8-10-33/h2-6,11-12,14,29H,7-10H2,1H3,(H,30,31,32). The van der Waals surface area contributed by atoms with Crippen molar-refractivity contribution in [3.05, 3.63) is 75.4 Å². The van der Waals surface area contributed by atoms with Crippen LogP contribution in [0.2, 0.25) is 5.02 Å². The second-order valence-electron chi connectivity index (χ2n) is 8.12. The smallest absolute Gasteiger partial charge is 0.293 e. The molecule has 3 heterocycles. The van der Waals surface area contributed by atoms with E-state index >= 15 is 0 Å². The third kappa shape index (κ3) is 4.30. The van der Waals surface area contributed by atoms with Gasteiger partial charge in [0.2, 0.25) is 5.95 Å². The number of anilines is 3. The van der Waals surface area contributed by atoms with Crippen LogP contribution in [0.15, 0.2) is 53.5 Å². The third-order valence-electron chi connectivity index (χ3n) is 5.95. The van der Waals surface area contributed by atoms with Gasteiger partial charge < -0.3 is 20.4 Å². The highest BCUT2D eigenvalue weighted by Crippen LogP contribution is 2.30. The number of pyridine rings is 1. The summed E-state index contributed by atoms with van der Waals surface area (Å²) >= 11 is 6.18. The molecule has 1 aliphatic heterocycles. The van der Waals surface area contributed by atoms with E-state index in [0.29, 0.717) is 16.6 Å². The number of benzene rings is 2. The molecule has 182 valence electrons. The quantitative estimate of drug-likeness (QED) is 0.425. The number of fused-ring (bicyclic) bond motifs is 1. The molecule has 5 rings (SSSR count). The van der Waals surface area contributed by atoms with Crippen molar-refractivity contribution in [1.29, 1.82) is 5.26 Å². The van der Waals surface area contributed by atoms with Crippen molar-refractivity contribution in [3.63, 3.8) is 0 Å². The molecular formula is C25H21ClFN7O2. The number of nitrogens with zero attached hydrogens (tertiary/aromatic N) is 5. The van der Waals surface area contributed by atoms with Gasteiger partial charge in [0.25, 0.3) is 5.56 Å². The van der Waals surface area contributed by atoms with E-state index in [0.717, 1.165) is 36.6 Å². The van der Waals surface area contributed by atoms with Crippen LogP contribution in [0.4, 0.5) is 21.7 Å². The summed E-state index contributed by atoms with van der Waals surface area (Å²) in [5.41, 5.74) is 1.60. The average molecular weight is 506 g/mol. The monoisotopic (exact) mass is 505 g/mol. The number of hydrogen-bond donors (Lipinski definition) is 2. The fourth-order valence-electron chi connectivity index (χ4n) is 4.25. The summed E-state index contributed by atoms with van der Waals surface area (Å²) in [5.74, 6) is -0.429. The lowest BCUT2D eigenvalue weighted by Gasteiger charge is -2.30. The van der Waals surface area contributed by atoms with Crippen molar-refractivity contribution in [3.8, 4) is 17.2 Å². The summed E-state index contributed by atoms with van der Waals surface area (Å²) in [6.45, 7) is 3.37. The first-order valence-electron chi connectivity index (χ1n) is 11.2. The molecule has 0 bridgehead atoms. The molecule has 2 aromatic heterocycles. The van der Waals surface area contributed by atoms with Gasteiger partial charge in [-0.2, -0.15) is 10.2 Å². The molecule has 0 unspecified atom stereocenters. The molecule has 0 atom stereocenters. The van der Waals surface area contributed by atoms with Crippen LogP contribution >= 0.6 is 11.6 Å². The maximum atomic E-state index is 14.5. The van der Waals surface area contributed by atoms with Gasteiger partial charge in [-0.1, -0.05) is 17.7 Å². The summed E-state index contributed by atoms with van der Waals surface area (Å²) in [6.07, 6.45) is 1.50. The summed E-state index contributed by atoms with van der Waals surface area (Å²) in [6, 6.07) is 13.4. The Morgan fingerprint density at radius 1 is 1.22 bits per heavy atom. The van der Waals surface area contributed by atoms with Crippen molar-refractivity contribution in [2.75, 3.05) is 43.5 Å². The summed E-state index contributed by atoms with van der Waals surface area (Å²) in [5, 5.41) is 16.6. The number of hydrogen-bond acceptors (Lipinski definition) is 8. The van der Waals surface area contributed by atoms with Crippen molar-refractivity contribution in [1.82, 2.24) is 20.0 Å². The molecule has 2 N–H and O–H groups in total. The van der Waals surface area contributed by atoms with E-state index in [1.807, 2.05) is 12.1 Å². The van der Waals surface area contributed by atoms with Gasteiger partial charge in [0, 0.05) is 49.0 Å². The highest BCUT2D eigenvalue weighted by atomic mass is 35.5. The normalized spacial score (nSPS) is 13.4. The van der Waals surface area contributed by atoms with Crippen molar-refractivity contribution >= 4 is 40.0 Å². The Balaban J connectivity index is 1.52. The average Bonchev–Trinajstić information content (AvgIpc) is 2.89. The molecule has 0 saturated carbocycles. The zero-order chi connectivity index (χ0) is 25.2. The van der Waals surface area contributed by atoms with Gasteiger partial charge in [0.15, 0.2) is 5.65 Å². The molecular weight excluding hydrogens is 485 g/mol. The molecule has 1 fully saturated rings. The van der Waals surface area contributed by atoms with Crippen LogP contribution in [-0.2, 0) is 0 Å². The van der Waals surface area contributed by atoms with Crippen LogP contribution in [0.3, 0.4) is 0 Å². The minimum absolute atomic E-state index is 0.0207. The predicted octanol–water partition coefficient (Wildman–Crippen LogP) is 3.33. The first-order valence-corrected chi connectivity index (χ1v) is 11.6. The topological polar surface area (TPSA) is 108 Å². The maximum absolute atomic E-state index is 14.5. The van der Waals surface area contributed by atoms with E-state index in [1.165, 1.54) is 37.6 Å². The van der Waals surface area contributed by atoms with Gasteiger partial charge in [-0.25, -0.2) is 9.37 Å². The number of aromatic nitrogens is 3. The van der Waals surface area contributed by atoms with E-state index in [9.17, 15) is 14.4 Å². The Labute approximate surface area is 210 Å². The second kappa shape index (κ2) is 9.81. The van der Waals surface area contributed by atoms with Gasteiger partial charge in [-0.3, -0.25) is 4.79 Å². The second-order valence-corrected chi connectivity index (χ2v) is 8.52. The molecule has 0 aliphatic carbocycles. The molecule has 36 heavy (non-hydrogen) atoms. The number of piperazine rings is 1. The number of nitrogens with one attached hydrogen (secondary N) is 2. The van der Waals surface area contributed by atoms with Gasteiger partial charge in [-0.15, -0.1) is 4.73 Å². The first kappa shape index (κ1) is 23.5. The minimum Gasteiger partial charge on any atom is -0.412 e. The van der Waals surface area contributed by atoms with Crippen molar-refractivity contribution in [2.45, 2.75) is 0 Å². The lowest BCUT2D eigenvalue weighted by Crippen LogP contribution is -2.43. The molecule has 9 nitrogen and oxygen atoms in total. The zero-order valence-corrected chi connectivity index (χ0v) is 20.0. The van der Waals surface area contributed by atoms with Crippen molar-refractivity contribution < 1.29 is 9.23 Å². The molecule has 4 aromatic rings. The Morgan fingerprint density at radius 3 is 2.75 bits per heavy atom. The molecule has 11 heteroatoms. The largest absolute Gasteiger partial charge is 0.412 e. The Hall–Kier alpha value is -4.20. The van der Waals surface area contributed by atoms with E-state index in [1.54, 1.807) is 6.07 Å². The highest BCUT2D eigenvalue weighted by Gasteiger charge is 2.19. The minimum atomic E-state index is -0.627. The fourth-order valence-corrected chi connectivity index (χ4v) is 4.51. The molecule has 0 amide bonds. The van der Waals surface area contributed by atoms with E-state index in [-0.39, 0.29) is 27.7 Å².